The van der Waals surface area contributed by atoms with Crippen molar-refractivity contribution in [1.82, 2.24) is 9.97 Å². The summed E-state index contributed by atoms with van der Waals surface area (Å²) in [4.78, 5) is 7.71. The molecule has 1 atom stereocenters. The average Bonchev–Trinajstić information content (AvgIpc) is 2.36. The maximum absolute atomic E-state index is 11.8. The van der Waals surface area contributed by atoms with E-state index in [0.717, 1.165) is 0 Å². The second-order valence-electron chi connectivity index (χ2n) is 3.47. The molecule has 0 aliphatic heterocycles. The monoisotopic (exact) mass is 276 g/mol. The third-order valence-corrected chi connectivity index (χ3v) is 3.91. The zero-order chi connectivity index (χ0) is 13.8. The van der Waals surface area contributed by atoms with E-state index in [9.17, 15) is 8.42 Å². The van der Waals surface area contributed by atoms with Crippen molar-refractivity contribution in [2.75, 3.05) is 25.5 Å². The van der Waals surface area contributed by atoms with Crippen LogP contribution in [0.1, 0.15) is 6.92 Å². The number of ether oxygens (including phenoxy) is 2. The van der Waals surface area contributed by atoms with Gasteiger partial charge in [0.25, 0.3) is 0 Å². The normalized spacial score (nSPS) is 12.9. The van der Waals surface area contributed by atoms with E-state index in [1.807, 2.05) is 0 Å². The number of nitrogens with two attached hydrogens (primary N) is 1. The summed E-state index contributed by atoms with van der Waals surface area (Å²) in [6.45, 7) is 1.48. The van der Waals surface area contributed by atoms with Gasteiger partial charge in [-0.1, -0.05) is 0 Å². The molecule has 102 valence electrons. The predicted octanol–water partition coefficient (Wildman–Crippen LogP) is -0.417. The lowest BCUT2D eigenvalue weighted by atomic mass is 10.5. The van der Waals surface area contributed by atoms with Crippen molar-refractivity contribution < 1.29 is 17.9 Å². The lowest BCUT2D eigenvalue weighted by Crippen LogP contribution is -2.32. The van der Waals surface area contributed by atoms with Crippen LogP contribution in [0.2, 0.25) is 0 Å². The molecule has 9 heteroatoms. The molecule has 0 fully saturated rings. The molecule has 8 nitrogen and oxygen atoms in total. The van der Waals surface area contributed by atoms with Crippen LogP contribution in [-0.4, -0.2) is 44.4 Å². The Morgan fingerprint density at radius 1 is 1.33 bits per heavy atom. The Balaban J connectivity index is 3.04. The molecule has 0 aliphatic carbocycles. The fourth-order valence-corrected chi connectivity index (χ4v) is 1.81. The first-order chi connectivity index (χ1) is 8.42. The van der Waals surface area contributed by atoms with Gasteiger partial charge in [-0.05, 0) is 6.92 Å². The van der Waals surface area contributed by atoms with E-state index in [-0.39, 0.29) is 24.3 Å². The molecule has 0 saturated carbocycles. The molecule has 0 aliphatic rings. The standard InChI is InChI=1S/C9H16N4O4S/c1-6(5-10)18(14,15)13-9-11-7(16-2)4-8(12-9)17-3/h4,6H,5,10H2,1-3H3,(H,11,12,13). The number of nitrogens with one attached hydrogen (secondary N) is 1. The van der Waals surface area contributed by atoms with Gasteiger partial charge >= 0.3 is 0 Å². The highest BCUT2D eigenvalue weighted by atomic mass is 32.2. The molecule has 0 amide bonds. The molecule has 0 radical (unpaired) electrons. The van der Waals surface area contributed by atoms with Gasteiger partial charge in [-0.15, -0.1) is 0 Å². The number of sulfonamides is 1. The molecule has 1 unspecified atom stereocenters. The fourth-order valence-electron chi connectivity index (χ4n) is 1.01. The van der Waals surface area contributed by atoms with Crippen LogP contribution in [0.25, 0.3) is 0 Å². The molecule has 0 aromatic carbocycles. The molecule has 3 N–H and O–H groups in total. The van der Waals surface area contributed by atoms with Gasteiger partial charge < -0.3 is 15.2 Å². The first-order valence-corrected chi connectivity index (χ1v) is 6.66. The van der Waals surface area contributed by atoms with Crippen LogP contribution in [0.3, 0.4) is 0 Å². The van der Waals surface area contributed by atoms with Gasteiger partial charge in [0.05, 0.1) is 25.5 Å². The van der Waals surface area contributed by atoms with Crippen LogP contribution in [0, 0.1) is 0 Å². The fraction of sp³-hybridized carbons (Fsp3) is 0.556. The van der Waals surface area contributed by atoms with Crippen LogP contribution in [0.5, 0.6) is 11.8 Å². The SMILES string of the molecule is COc1cc(OC)nc(NS(=O)(=O)C(C)CN)n1. The first-order valence-electron chi connectivity index (χ1n) is 5.11. The number of methoxy groups -OCH3 is 2. The van der Waals surface area contributed by atoms with Crippen molar-refractivity contribution in [2.45, 2.75) is 12.2 Å². The number of hydrogen-bond acceptors (Lipinski definition) is 7. The van der Waals surface area contributed by atoms with Gasteiger partial charge in [0.1, 0.15) is 0 Å². The molecular weight excluding hydrogens is 260 g/mol. The van der Waals surface area contributed by atoms with E-state index in [0.29, 0.717) is 0 Å². The third-order valence-electron chi connectivity index (χ3n) is 2.19. The van der Waals surface area contributed by atoms with Gasteiger partial charge in [0.2, 0.25) is 27.7 Å². The second kappa shape index (κ2) is 5.83. The Bertz CT molecular complexity index is 483. The topological polar surface area (TPSA) is 116 Å². The second-order valence-corrected chi connectivity index (χ2v) is 5.57. The Labute approximate surface area is 106 Å². The van der Waals surface area contributed by atoms with Gasteiger partial charge in [-0.25, -0.2) is 8.42 Å². The minimum atomic E-state index is -3.62. The number of rotatable bonds is 6. The van der Waals surface area contributed by atoms with Crippen LogP contribution in [0.4, 0.5) is 5.95 Å². The minimum absolute atomic E-state index is 0.00353. The van der Waals surface area contributed by atoms with Crippen molar-refractivity contribution in [3.8, 4) is 11.8 Å². The van der Waals surface area contributed by atoms with Gasteiger partial charge in [0, 0.05) is 6.54 Å². The Hall–Kier alpha value is -1.61. The molecule has 1 rings (SSSR count). The molecule has 1 aromatic heterocycles. The van der Waals surface area contributed by atoms with Gasteiger partial charge in [-0.3, -0.25) is 4.72 Å². The number of hydrogen-bond donors (Lipinski definition) is 2. The largest absolute Gasteiger partial charge is 0.481 e. The summed E-state index contributed by atoms with van der Waals surface area (Å²) >= 11 is 0. The average molecular weight is 276 g/mol. The number of anilines is 1. The van der Waals surface area contributed by atoms with Gasteiger partial charge in [0.15, 0.2) is 0 Å². The summed E-state index contributed by atoms with van der Waals surface area (Å²) in [5.41, 5.74) is 5.31. The summed E-state index contributed by atoms with van der Waals surface area (Å²) in [6, 6.07) is 1.43. The minimum Gasteiger partial charge on any atom is -0.481 e. The third kappa shape index (κ3) is 3.44. The smallest absolute Gasteiger partial charge is 0.243 e. The highest BCUT2D eigenvalue weighted by Crippen LogP contribution is 2.18. The summed E-state index contributed by atoms with van der Waals surface area (Å²) in [5, 5.41) is -0.752. The molecule has 0 saturated heterocycles. The molecule has 1 aromatic rings. The summed E-state index contributed by atoms with van der Waals surface area (Å²) in [5.74, 6) is 0.270. The van der Waals surface area contributed by atoms with Crippen molar-refractivity contribution in [1.29, 1.82) is 0 Å². The maximum Gasteiger partial charge on any atom is 0.243 e. The molecular formula is C9H16N4O4S. The number of aromatic nitrogens is 2. The maximum atomic E-state index is 11.8. The lowest BCUT2D eigenvalue weighted by molar-refractivity contribution is 0.373. The van der Waals surface area contributed by atoms with Crippen molar-refractivity contribution >= 4 is 16.0 Å². The molecule has 1 heterocycles. The van der Waals surface area contributed by atoms with Crippen LogP contribution >= 0.6 is 0 Å². The van der Waals surface area contributed by atoms with Gasteiger partial charge in [-0.2, -0.15) is 9.97 Å². The van der Waals surface area contributed by atoms with Crippen molar-refractivity contribution in [3.05, 3.63) is 6.07 Å². The van der Waals surface area contributed by atoms with E-state index in [2.05, 4.69) is 14.7 Å². The molecule has 0 bridgehead atoms. The summed E-state index contributed by atoms with van der Waals surface area (Å²) in [7, 11) is -0.814. The van der Waals surface area contributed by atoms with E-state index < -0.39 is 15.3 Å². The molecule has 0 spiro atoms. The first kappa shape index (κ1) is 14.5. The van der Waals surface area contributed by atoms with Crippen LogP contribution in [-0.2, 0) is 10.0 Å². The Kier molecular flexibility index (Phi) is 4.68. The van der Waals surface area contributed by atoms with Crippen LogP contribution < -0.4 is 19.9 Å². The zero-order valence-corrected chi connectivity index (χ0v) is 11.2. The van der Waals surface area contributed by atoms with Crippen molar-refractivity contribution in [3.63, 3.8) is 0 Å². The zero-order valence-electron chi connectivity index (χ0n) is 10.4. The highest BCUT2D eigenvalue weighted by molar-refractivity contribution is 7.93. The Morgan fingerprint density at radius 2 is 1.83 bits per heavy atom. The van der Waals surface area contributed by atoms with E-state index in [1.54, 1.807) is 0 Å². The number of nitrogens with zero attached hydrogens (tertiary/aromatic N) is 2. The summed E-state index contributed by atoms with van der Waals surface area (Å²) in [6.07, 6.45) is 0. The Morgan fingerprint density at radius 3 is 2.22 bits per heavy atom. The van der Waals surface area contributed by atoms with Crippen molar-refractivity contribution in [2.24, 2.45) is 5.73 Å². The highest BCUT2D eigenvalue weighted by Gasteiger charge is 2.21. The van der Waals surface area contributed by atoms with E-state index in [4.69, 9.17) is 15.2 Å². The van der Waals surface area contributed by atoms with Crippen LogP contribution in [0.15, 0.2) is 6.07 Å². The predicted molar refractivity (Wildman–Crippen MR) is 66.2 cm³/mol. The van der Waals surface area contributed by atoms with E-state index >= 15 is 0 Å². The lowest BCUT2D eigenvalue weighted by Gasteiger charge is -2.12. The summed E-state index contributed by atoms with van der Waals surface area (Å²) < 4.78 is 35.6. The van der Waals surface area contributed by atoms with E-state index in [1.165, 1.54) is 27.2 Å². The molecule has 18 heavy (non-hydrogen) atoms. The quantitative estimate of drug-likeness (QED) is 0.724.